The molecular weight excluding hydrogens is 370 g/mol. The third kappa shape index (κ3) is 3.69. The molecule has 0 saturated heterocycles. The second kappa shape index (κ2) is 6.53. The zero-order valence-corrected chi connectivity index (χ0v) is 13.4. The van der Waals surface area contributed by atoms with Crippen LogP contribution in [0.5, 0.6) is 0 Å². The summed E-state index contributed by atoms with van der Waals surface area (Å²) in [5, 5.41) is 24.1. The van der Waals surface area contributed by atoms with Gasteiger partial charge in [-0.1, -0.05) is 6.07 Å². The standard InChI is InChI=1S/C14H10BrN3O5/c1-8-2-3-9(6-13(8)18(22)23)14(19)16-12-5-4-10(17(20)21)7-11(12)15/h2-7H,1H3,(H,16,19). The Labute approximate surface area is 138 Å². The Kier molecular flexibility index (Phi) is 4.70. The van der Waals surface area contributed by atoms with E-state index in [2.05, 4.69) is 21.2 Å². The summed E-state index contributed by atoms with van der Waals surface area (Å²) in [4.78, 5) is 32.7. The van der Waals surface area contributed by atoms with Crippen molar-refractivity contribution in [2.75, 3.05) is 5.32 Å². The maximum Gasteiger partial charge on any atom is 0.273 e. The Morgan fingerprint density at radius 3 is 2.35 bits per heavy atom. The number of nitrogens with one attached hydrogen (secondary N) is 1. The van der Waals surface area contributed by atoms with Crippen LogP contribution in [0.15, 0.2) is 40.9 Å². The van der Waals surface area contributed by atoms with Crippen molar-refractivity contribution in [3.8, 4) is 0 Å². The molecule has 9 heteroatoms. The Morgan fingerprint density at radius 1 is 1.09 bits per heavy atom. The van der Waals surface area contributed by atoms with Crippen molar-refractivity contribution >= 4 is 38.9 Å². The zero-order chi connectivity index (χ0) is 17.1. The van der Waals surface area contributed by atoms with Gasteiger partial charge in [0.1, 0.15) is 0 Å². The molecule has 0 aliphatic carbocycles. The summed E-state index contributed by atoms with van der Waals surface area (Å²) in [5.41, 5.74) is 0.612. The van der Waals surface area contributed by atoms with E-state index in [1.165, 1.54) is 36.4 Å². The minimum Gasteiger partial charge on any atom is -0.321 e. The molecule has 1 N–H and O–H groups in total. The van der Waals surface area contributed by atoms with Gasteiger partial charge in [0.25, 0.3) is 17.3 Å². The summed E-state index contributed by atoms with van der Waals surface area (Å²) in [5.74, 6) is -0.553. The minimum atomic E-state index is -0.562. The van der Waals surface area contributed by atoms with Gasteiger partial charge in [0.05, 0.1) is 15.5 Å². The fraction of sp³-hybridized carbons (Fsp3) is 0.0714. The number of halogens is 1. The molecule has 0 saturated carbocycles. The van der Waals surface area contributed by atoms with Gasteiger partial charge in [-0.05, 0) is 35.0 Å². The van der Waals surface area contributed by atoms with Gasteiger partial charge in [0.2, 0.25) is 0 Å². The molecule has 0 bridgehead atoms. The molecule has 2 rings (SSSR count). The molecule has 118 valence electrons. The van der Waals surface area contributed by atoms with Crippen LogP contribution in [0.1, 0.15) is 15.9 Å². The van der Waals surface area contributed by atoms with Crippen molar-refractivity contribution in [3.05, 3.63) is 72.2 Å². The molecular formula is C14H10BrN3O5. The molecule has 2 aromatic rings. The summed E-state index contributed by atoms with van der Waals surface area (Å²) >= 11 is 3.14. The number of carbonyl (C=O) groups excluding carboxylic acids is 1. The SMILES string of the molecule is Cc1ccc(C(=O)Nc2ccc([N+](=O)[O-])cc2Br)cc1[N+](=O)[O-]. The number of rotatable bonds is 4. The van der Waals surface area contributed by atoms with Crippen LogP contribution in [0.25, 0.3) is 0 Å². The largest absolute Gasteiger partial charge is 0.321 e. The van der Waals surface area contributed by atoms with Crippen molar-refractivity contribution in [2.45, 2.75) is 6.92 Å². The summed E-state index contributed by atoms with van der Waals surface area (Å²) < 4.78 is 0.335. The highest BCUT2D eigenvalue weighted by atomic mass is 79.9. The second-order valence-electron chi connectivity index (χ2n) is 4.63. The number of amides is 1. The summed E-state index contributed by atoms with van der Waals surface area (Å²) in [6.45, 7) is 1.58. The number of carbonyl (C=O) groups is 1. The van der Waals surface area contributed by atoms with Crippen LogP contribution in [-0.4, -0.2) is 15.8 Å². The van der Waals surface area contributed by atoms with Crippen LogP contribution in [0.3, 0.4) is 0 Å². The molecule has 0 spiro atoms. The van der Waals surface area contributed by atoms with Gasteiger partial charge < -0.3 is 5.32 Å². The number of non-ortho nitro benzene ring substituents is 1. The average molecular weight is 380 g/mol. The van der Waals surface area contributed by atoms with E-state index in [0.717, 1.165) is 0 Å². The van der Waals surface area contributed by atoms with Crippen LogP contribution in [0, 0.1) is 27.2 Å². The highest BCUT2D eigenvalue weighted by Gasteiger charge is 2.16. The minimum absolute atomic E-state index is 0.118. The van der Waals surface area contributed by atoms with E-state index in [1.54, 1.807) is 6.92 Å². The molecule has 1 amide bonds. The van der Waals surface area contributed by atoms with Gasteiger partial charge in [-0.25, -0.2) is 0 Å². The predicted octanol–water partition coefficient (Wildman–Crippen LogP) is 3.83. The van der Waals surface area contributed by atoms with Gasteiger partial charge in [-0.3, -0.25) is 25.0 Å². The summed E-state index contributed by atoms with van der Waals surface area (Å²) in [7, 11) is 0. The molecule has 0 heterocycles. The number of anilines is 1. The first-order valence-electron chi connectivity index (χ1n) is 6.30. The number of aryl methyl sites for hydroxylation is 1. The average Bonchev–Trinajstić information content (AvgIpc) is 2.49. The van der Waals surface area contributed by atoms with E-state index in [9.17, 15) is 25.0 Å². The number of benzene rings is 2. The lowest BCUT2D eigenvalue weighted by Crippen LogP contribution is -2.13. The molecule has 0 radical (unpaired) electrons. The highest BCUT2D eigenvalue weighted by Crippen LogP contribution is 2.28. The van der Waals surface area contributed by atoms with Crippen LogP contribution >= 0.6 is 15.9 Å². The third-order valence-electron chi connectivity index (χ3n) is 3.08. The molecule has 0 aliphatic heterocycles. The fourth-order valence-electron chi connectivity index (χ4n) is 1.86. The van der Waals surface area contributed by atoms with Gasteiger partial charge in [-0.15, -0.1) is 0 Å². The summed E-state index contributed by atoms with van der Waals surface area (Å²) in [6.07, 6.45) is 0. The van der Waals surface area contributed by atoms with Crippen molar-refractivity contribution in [2.24, 2.45) is 0 Å². The molecule has 23 heavy (non-hydrogen) atoms. The van der Waals surface area contributed by atoms with Gasteiger partial charge in [0, 0.05) is 33.8 Å². The van der Waals surface area contributed by atoms with E-state index >= 15 is 0 Å². The van der Waals surface area contributed by atoms with Crippen molar-refractivity contribution in [1.29, 1.82) is 0 Å². The number of nitro benzene ring substituents is 2. The lowest BCUT2D eigenvalue weighted by atomic mass is 10.1. The fourth-order valence-corrected chi connectivity index (χ4v) is 2.33. The Balaban J connectivity index is 2.27. The quantitative estimate of drug-likeness (QED) is 0.639. The topological polar surface area (TPSA) is 115 Å². The smallest absolute Gasteiger partial charge is 0.273 e. The van der Waals surface area contributed by atoms with Crippen LogP contribution in [-0.2, 0) is 0 Å². The van der Waals surface area contributed by atoms with E-state index in [4.69, 9.17) is 0 Å². The predicted molar refractivity (Wildman–Crippen MR) is 86.6 cm³/mol. The van der Waals surface area contributed by atoms with Gasteiger partial charge in [-0.2, -0.15) is 0 Å². The van der Waals surface area contributed by atoms with Crippen molar-refractivity contribution < 1.29 is 14.6 Å². The molecule has 8 nitrogen and oxygen atoms in total. The van der Waals surface area contributed by atoms with Gasteiger partial charge in [0.15, 0.2) is 0 Å². The molecule has 0 atom stereocenters. The maximum atomic E-state index is 12.2. The molecule has 0 aliphatic rings. The van der Waals surface area contributed by atoms with Gasteiger partial charge >= 0.3 is 0 Å². The number of hydrogen-bond acceptors (Lipinski definition) is 5. The van der Waals surface area contributed by atoms with Crippen LogP contribution in [0.4, 0.5) is 17.1 Å². The maximum absolute atomic E-state index is 12.2. The first-order valence-corrected chi connectivity index (χ1v) is 7.09. The molecule has 2 aromatic carbocycles. The van der Waals surface area contributed by atoms with Crippen LogP contribution in [0.2, 0.25) is 0 Å². The van der Waals surface area contributed by atoms with Crippen molar-refractivity contribution in [3.63, 3.8) is 0 Å². The monoisotopic (exact) mass is 379 g/mol. The first-order chi connectivity index (χ1) is 10.8. The third-order valence-corrected chi connectivity index (χ3v) is 3.74. The number of nitro groups is 2. The zero-order valence-electron chi connectivity index (χ0n) is 11.8. The van der Waals surface area contributed by atoms with E-state index in [-0.39, 0.29) is 16.9 Å². The Morgan fingerprint density at radius 2 is 1.78 bits per heavy atom. The first kappa shape index (κ1) is 16.6. The number of hydrogen-bond donors (Lipinski definition) is 1. The van der Waals surface area contributed by atoms with Crippen LogP contribution < -0.4 is 5.32 Å². The van der Waals surface area contributed by atoms with E-state index in [0.29, 0.717) is 15.7 Å². The number of nitrogens with zero attached hydrogens (tertiary/aromatic N) is 2. The highest BCUT2D eigenvalue weighted by molar-refractivity contribution is 9.10. The normalized spacial score (nSPS) is 10.2. The summed E-state index contributed by atoms with van der Waals surface area (Å²) in [6, 6.07) is 8.02. The van der Waals surface area contributed by atoms with Crippen molar-refractivity contribution in [1.82, 2.24) is 0 Å². The molecule has 0 fully saturated rings. The van der Waals surface area contributed by atoms with E-state index < -0.39 is 15.8 Å². The van der Waals surface area contributed by atoms with E-state index in [1.807, 2.05) is 0 Å². The Bertz CT molecular complexity index is 822. The second-order valence-corrected chi connectivity index (χ2v) is 5.49. The lowest BCUT2D eigenvalue weighted by Gasteiger charge is -2.08. The Hall–Kier alpha value is -2.81. The molecule has 0 unspecified atom stereocenters. The lowest BCUT2D eigenvalue weighted by molar-refractivity contribution is -0.385. The molecule has 0 aromatic heterocycles.